The summed E-state index contributed by atoms with van der Waals surface area (Å²) >= 11 is 0. The topological polar surface area (TPSA) is 130 Å². The van der Waals surface area contributed by atoms with Crippen LogP contribution in [0.2, 0.25) is 0 Å². The van der Waals surface area contributed by atoms with Gasteiger partial charge in [-0.1, -0.05) is 36.4 Å². The highest BCUT2D eigenvalue weighted by Gasteiger charge is 2.33. The molecule has 0 radical (unpaired) electrons. The molecule has 1 fully saturated rings. The van der Waals surface area contributed by atoms with Crippen molar-refractivity contribution in [2.24, 2.45) is 7.05 Å². The van der Waals surface area contributed by atoms with Crippen LogP contribution >= 0.6 is 0 Å². The third kappa shape index (κ3) is 5.52. The van der Waals surface area contributed by atoms with Crippen molar-refractivity contribution in [1.82, 2.24) is 15.2 Å². The molecule has 9 heteroatoms. The lowest BCUT2D eigenvalue weighted by Gasteiger charge is -2.24. The van der Waals surface area contributed by atoms with E-state index in [9.17, 15) is 20.0 Å². The first-order valence-electron chi connectivity index (χ1n) is 11.4. The van der Waals surface area contributed by atoms with Crippen molar-refractivity contribution in [2.45, 2.75) is 30.6 Å². The van der Waals surface area contributed by atoms with Gasteiger partial charge in [0.05, 0.1) is 18.2 Å². The number of hydrogen-bond donors (Lipinski definition) is 3. The number of β-amino-alcohol motifs (C(OH)–C–C–N with tert-alkyl or cyclic N) is 1. The largest absolute Gasteiger partial charge is 0.419 e. The number of amides is 1. The number of oxazole rings is 1. The van der Waals surface area contributed by atoms with Crippen LogP contribution in [0, 0.1) is 11.3 Å². The van der Waals surface area contributed by atoms with Crippen LogP contribution in [0.3, 0.4) is 0 Å². The Morgan fingerprint density at radius 2 is 2.11 bits per heavy atom. The summed E-state index contributed by atoms with van der Waals surface area (Å²) in [5.41, 5.74) is 2.90. The van der Waals surface area contributed by atoms with Gasteiger partial charge in [0.2, 0.25) is 0 Å². The Bertz CT molecular complexity index is 1320. The lowest BCUT2D eigenvalue weighted by Crippen LogP contribution is -2.46. The van der Waals surface area contributed by atoms with E-state index in [0.717, 1.165) is 16.7 Å². The molecule has 4 rings (SSSR count). The number of fused-ring (bicyclic) bond motifs is 1. The number of aliphatic hydroxyl groups is 1. The highest BCUT2D eigenvalue weighted by molar-refractivity contribution is 5.82. The summed E-state index contributed by atoms with van der Waals surface area (Å²) in [6, 6.07) is 14.6. The molecule has 1 aliphatic heterocycles. The molecule has 3 N–H and O–H groups in total. The van der Waals surface area contributed by atoms with Crippen LogP contribution in [0.4, 0.5) is 0 Å². The van der Waals surface area contributed by atoms with E-state index < -0.39 is 29.4 Å². The van der Waals surface area contributed by atoms with Gasteiger partial charge in [0, 0.05) is 26.6 Å². The summed E-state index contributed by atoms with van der Waals surface area (Å²) < 4.78 is 12.3. The number of carbonyl (C=O) groups excluding carboxylic acids is 1. The van der Waals surface area contributed by atoms with E-state index >= 15 is 0 Å². The van der Waals surface area contributed by atoms with Gasteiger partial charge in [-0.2, -0.15) is 5.26 Å². The van der Waals surface area contributed by atoms with Crippen LogP contribution in [0.1, 0.15) is 12.0 Å². The molecular weight excluding hydrogens is 448 g/mol. The molecule has 2 aromatic carbocycles. The first-order chi connectivity index (χ1) is 16.8. The molecule has 0 bridgehead atoms. The first-order valence-corrected chi connectivity index (χ1v) is 11.4. The third-order valence-electron chi connectivity index (χ3n) is 6.14. The van der Waals surface area contributed by atoms with Crippen molar-refractivity contribution in [1.29, 1.82) is 5.26 Å². The summed E-state index contributed by atoms with van der Waals surface area (Å²) in [7, 11) is 1.66. The lowest BCUT2D eigenvalue weighted by atomic mass is 10.0. The van der Waals surface area contributed by atoms with E-state index in [4.69, 9.17) is 9.15 Å². The number of nitrogens with one attached hydrogen (secondary N) is 2. The number of nitrogens with zero attached hydrogens (tertiary/aromatic N) is 2. The Morgan fingerprint density at radius 3 is 2.83 bits per heavy atom. The molecule has 35 heavy (non-hydrogen) atoms. The van der Waals surface area contributed by atoms with E-state index in [-0.39, 0.29) is 13.2 Å². The van der Waals surface area contributed by atoms with E-state index in [0.29, 0.717) is 30.5 Å². The molecule has 1 unspecified atom stereocenters. The van der Waals surface area contributed by atoms with Crippen LogP contribution in [-0.2, 0) is 23.0 Å². The SMILES string of the molecule is C=CCC1(O)CNC[C@@H](C(=O)N[C@H](C#N)Cc2ccc(-c3ccc4oc(=O)n(C)c4c3)cc2)OC1. The molecule has 0 spiro atoms. The fourth-order valence-corrected chi connectivity index (χ4v) is 4.14. The average Bonchev–Trinajstić information content (AvgIpc) is 3.00. The summed E-state index contributed by atoms with van der Waals surface area (Å²) in [6.07, 6.45) is 1.49. The Kier molecular flexibility index (Phi) is 7.17. The van der Waals surface area contributed by atoms with Crippen molar-refractivity contribution < 1.29 is 19.1 Å². The smallest absolute Gasteiger partial charge is 0.408 e. The van der Waals surface area contributed by atoms with Crippen molar-refractivity contribution in [2.75, 3.05) is 19.7 Å². The number of benzene rings is 2. The minimum Gasteiger partial charge on any atom is -0.408 e. The van der Waals surface area contributed by atoms with Crippen molar-refractivity contribution in [3.63, 3.8) is 0 Å². The number of rotatable bonds is 7. The van der Waals surface area contributed by atoms with Crippen LogP contribution < -0.4 is 16.4 Å². The number of nitriles is 1. The second-order valence-electron chi connectivity index (χ2n) is 8.85. The maximum atomic E-state index is 12.7. The minimum absolute atomic E-state index is 0.00155. The van der Waals surface area contributed by atoms with E-state index in [1.54, 1.807) is 19.2 Å². The fourth-order valence-electron chi connectivity index (χ4n) is 4.14. The lowest BCUT2D eigenvalue weighted by molar-refractivity contribution is -0.135. The Labute approximate surface area is 202 Å². The molecule has 2 heterocycles. The minimum atomic E-state index is -1.11. The zero-order valence-corrected chi connectivity index (χ0v) is 19.5. The molecule has 182 valence electrons. The molecule has 3 atom stereocenters. The summed E-state index contributed by atoms with van der Waals surface area (Å²) in [6.45, 7) is 4.17. The molecule has 1 aromatic heterocycles. The van der Waals surface area contributed by atoms with Gasteiger partial charge in [-0.05, 0) is 35.2 Å². The van der Waals surface area contributed by atoms with Crippen LogP contribution in [-0.4, -0.2) is 53.0 Å². The summed E-state index contributed by atoms with van der Waals surface area (Å²) in [5, 5.41) is 25.9. The maximum Gasteiger partial charge on any atom is 0.419 e. The van der Waals surface area contributed by atoms with Gasteiger partial charge in [0.25, 0.3) is 5.91 Å². The van der Waals surface area contributed by atoms with Crippen molar-refractivity contribution in [3.8, 4) is 17.2 Å². The zero-order chi connectivity index (χ0) is 25.0. The van der Waals surface area contributed by atoms with Crippen LogP contribution in [0.25, 0.3) is 22.2 Å². The predicted octanol–water partition coefficient (Wildman–Crippen LogP) is 1.64. The van der Waals surface area contributed by atoms with Gasteiger partial charge in [-0.15, -0.1) is 6.58 Å². The Balaban J connectivity index is 1.39. The van der Waals surface area contributed by atoms with Gasteiger partial charge in [0.1, 0.15) is 17.7 Å². The molecule has 3 aromatic rings. The molecule has 1 aliphatic rings. The van der Waals surface area contributed by atoms with Gasteiger partial charge < -0.3 is 24.9 Å². The molecule has 0 aliphatic carbocycles. The molecule has 1 saturated heterocycles. The number of hydrogen-bond acceptors (Lipinski definition) is 7. The molecule has 0 saturated carbocycles. The summed E-state index contributed by atoms with van der Waals surface area (Å²) in [4.78, 5) is 24.4. The number of carbonyl (C=O) groups is 1. The second kappa shape index (κ2) is 10.3. The van der Waals surface area contributed by atoms with E-state index in [2.05, 4.69) is 23.3 Å². The normalized spacial score (nSPS) is 21.1. The molecule has 9 nitrogen and oxygen atoms in total. The first kappa shape index (κ1) is 24.4. The van der Waals surface area contributed by atoms with Crippen LogP contribution in [0.5, 0.6) is 0 Å². The Hall–Kier alpha value is -3.71. The number of aromatic nitrogens is 1. The molecular formula is C26H28N4O5. The average molecular weight is 477 g/mol. The highest BCUT2D eigenvalue weighted by atomic mass is 16.5. The van der Waals surface area contributed by atoms with Gasteiger partial charge >= 0.3 is 5.76 Å². The Morgan fingerprint density at radius 1 is 1.37 bits per heavy atom. The van der Waals surface area contributed by atoms with Gasteiger partial charge in [-0.3, -0.25) is 9.36 Å². The fraction of sp³-hybridized carbons (Fsp3) is 0.346. The van der Waals surface area contributed by atoms with Gasteiger partial charge in [0.15, 0.2) is 5.58 Å². The van der Waals surface area contributed by atoms with Crippen LogP contribution in [0.15, 0.2) is 64.3 Å². The van der Waals surface area contributed by atoms with Crippen molar-refractivity contribution >= 4 is 17.0 Å². The monoisotopic (exact) mass is 476 g/mol. The third-order valence-corrected chi connectivity index (χ3v) is 6.14. The standard InChI is InChI=1S/C26H28N4O5/c1-3-10-26(33)15-28-14-23(34-16-26)24(31)29-20(13-27)11-17-4-6-18(7-5-17)19-8-9-22-21(12-19)30(2)25(32)35-22/h3-9,12,20,23,28,33H,1,10-11,14-16H2,2H3,(H,29,31)/t20-,23-,26?/m0/s1. The number of ether oxygens (including phenoxy) is 1. The van der Waals surface area contributed by atoms with Crippen molar-refractivity contribution in [3.05, 3.63) is 71.2 Å². The molecule has 1 amide bonds. The maximum absolute atomic E-state index is 12.7. The van der Waals surface area contributed by atoms with E-state index in [1.807, 2.05) is 36.4 Å². The predicted molar refractivity (Wildman–Crippen MR) is 131 cm³/mol. The number of aryl methyl sites for hydroxylation is 1. The van der Waals surface area contributed by atoms with Gasteiger partial charge in [-0.25, -0.2) is 4.79 Å². The quantitative estimate of drug-likeness (QED) is 0.442. The second-order valence-corrected chi connectivity index (χ2v) is 8.85. The highest BCUT2D eigenvalue weighted by Crippen LogP contribution is 2.24. The zero-order valence-electron chi connectivity index (χ0n) is 19.5. The van der Waals surface area contributed by atoms with E-state index in [1.165, 1.54) is 4.57 Å². The summed E-state index contributed by atoms with van der Waals surface area (Å²) in [5.74, 6) is -0.808.